The molecule has 2 N–H and O–H groups in total. The van der Waals surface area contributed by atoms with E-state index >= 15 is 0 Å². The topological polar surface area (TPSA) is 42.9 Å². The number of quaternary nitrogens is 1. The van der Waals surface area contributed by atoms with Gasteiger partial charge in [0, 0.05) is 5.92 Å². The van der Waals surface area contributed by atoms with Gasteiger partial charge in [-0.25, -0.2) is 4.79 Å². The minimum Gasteiger partial charge on any atom is -0.459 e. The van der Waals surface area contributed by atoms with Crippen LogP contribution >= 0.6 is 11.8 Å². The lowest BCUT2D eigenvalue weighted by atomic mass is 10.2. The lowest BCUT2D eigenvalue weighted by Crippen LogP contribution is -2.94. The van der Waals surface area contributed by atoms with Crippen molar-refractivity contribution in [3.05, 3.63) is 0 Å². The number of rotatable bonds is 3. The van der Waals surface area contributed by atoms with Crippen LogP contribution < -0.4 is 5.32 Å². The average Bonchev–Trinajstić information content (AvgIpc) is 2.50. The van der Waals surface area contributed by atoms with Crippen LogP contribution in [0.5, 0.6) is 0 Å². The molecule has 0 aromatic carbocycles. The Kier molecular flexibility index (Phi) is 4.26. The third-order valence-electron chi connectivity index (χ3n) is 2.20. The van der Waals surface area contributed by atoms with E-state index in [-0.39, 0.29) is 18.1 Å². The predicted molar refractivity (Wildman–Crippen MR) is 58.0 cm³/mol. The van der Waals surface area contributed by atoms with Gasteiger partial charge in [0.2, 0.25) is 0 Å². The lowest BCUT2D eigenvalue weighted by Gasteiger charge is -2.13. The molecule has 0 bridgehead atoms. The van der Waals surface area contributed by atoms with Crippen molar-refractivity contribution >= 4 is 17.7 Å². The second-order valence-corrected chi connectivity index (χ2v) is 5.54. The highest BCUT2D eigenvalue weighted by Gasteiger charge is 2.36. The van der Waals surface area contributed by atoms with Crippen molar-refractivity contribution in [1.29, 1.82) is 0 Å². The lowest BCUT2D eigenvalue weighted by molar-refractivity contribution is -0.684. The maximum atomic E-state index is 11.6. The van der Waals surface area contributed by atoms with Crippen LogP contribution in [0.2, 0.25) is 0 Å². The van der Waals surface area contributed by atoms with Crippen LogP contribution in [0.25, 0.3) is 0 Å². The second kappa shape index (κ2) is 5.03. The molecular formula is C10H20NO2S+. The number of hydrogen-bond acceptors (Lipinski definition) is 3. The van der Waals surface area contributed by atoms with Gasteiger partial charge in [-0.3, -0.25) is 0 Å². The van der Waals surface area contributed by atoms with Crippen LogP contribution in [0.3, 0.4) is 0 Å². The summed E-state index contributed by atoms with van der Waals surface area (Å²) in [5.41, 5.74) is 0. The highest BCUT2D eigenvalue weighted by atomic mass is 32.2. The van der Waals surface area contributed by atoms with E-state index in [0.29, 0.717) is 11.3 Å². The van der Waals surface area contributed by atoms with E-state index in [1.54, 1.807) is 0 Å². The Labute approximate surface area is 90.0 Å². The third-order valence-corrected chi connectivity index (χ3v) is 3.84. The highest BCUT2D eigenvalue weighted by molar-refractivity contribution is 7.99. The van der Waals surface area contributed by atoms with E-state index < -0.39 is 0 Å². The number of ether oxygens (including phenoxy) is 1. The first-order chi connectivity index (χ1) is 6.50. The van der Waals surface area contributed by atoms with Crippen LogP contribution in [-0.4, -0.2) is 29.2 Å². The summed E-state index contributed by atoms with van der Waals surface area (Å²) < 4.78 is 5.18. The number of nitrogens with two attached hydrogens (primary N) is 1. The van der Waals surface area contributed by atoms with Gasteiger partial charge in [0.25, 0.3) is 0 Å². The highest BCUT2D eigenvalue weighted by Crippen LogP contribution is 2.19. The largest absolute Gasteiger partial charge is 0.459 e. The van der Waals surface area contributed by atoms with Crippen LogP contribution in [0.1, 0.15) is 27.7 Å². The monoisotopic (exact) mass is 218 g/mol. The zero-order chi connectivity index (χ0) is 10.7. The summed E-state index contributed by atoms with van der Waals surface area (Å²) in [5.74, 6) is 1.43. The predicted octanol–water partition coefficient (Wildman–Crippen LogP) is 0.599. The van der Waals surface area contributed by atoms with Crippen molar-refractivity contribution in [3.63, 3.8) is 0 Å². The summed E-state index contributed by atoms with van der Waals surface area (Å²) in [5, 5.41) is 2.65. The van der Waals surface area contributed by atoms with Gasteiger partial charge in [-0.1, -0.05) is 25.6 Å². The summed E-state index contributed by atoms with van der Waals surface area (Å²) in [6.45, 7) is 8.15. The fraction of sp³-hybridized carbons (Fsp3) is 0.900. The van der Waals surface area contributed by atoms with Crippen molar-refractivity contribution in [2.75, 3.05) is 5.75 Å². The molecule has 2 atom stereocenters. The van der Waals surface area contributed by atoms with Crippen molar-refractivity contribution in [3.8, 4) is 0 Å². The van der Waals surface area contributed by atoms with Gasteiger partial charge in [0.05, 0.1) is 11.9 Å². The number of carbonyl (C=O) groups excluding carboxylic acids is 1. The Morgan fingerprint density at radius 1 is 1.43 bits per heavy atom. The van der Waals surface area contributed by atoms with Crippen LogP contribution in [0.15, 0.2) is 0 Å². The zero-order valence-corrected chi connectivity index (χ0v) is 10.1. The van der Waals surface area contributed by atoms with E-state index in [1.165, 1.54) is 0 Å². The number of thioether (sulfide) groups is 1. The molecule has 1 aliphatic heterocycles. The summed E-state index contributed by atoms with van der Waals surface area (Å²) in [4.78, 5) is 11.6. The molecule has 1 saturated heterocycles. The molecule has 3 nitrogen and oxygen atoms in total. The molecule has 82 valence electrons. The molecule has 4 heteroatoms. The summed E-state index contributed by atoms with van der Waals surface area (Å²) in [7, 11) is 0. The molecule has 0 radical (unpaired) electrons. The Hall–Kier alpha value is -0.220. The molecule has 1 fully saturated rings. The number of hydrogen-bond donors (Lipinski definition) is 1. The molecule has 0 aliphatic carbocycles. The summed E-state index contributed by atoms with van der Waals surface area (Å²) >= 11 is 1.86. The number of carbonyl (C=O) groups is 1. The summed E-state index contributed by atoms with van der Waals surface area (Å²) in [6, 6.07) is 0.00907. The van der Waals surface area contributed by atoms with E-state index in [1.807, 2.05) is 25.6 Å². The fourth-order valence-corrected chi connectivity index (χ4v) is 2.80. The van der Waals surface area contributed by atoms with Gasteiger partial charge in [0.1, 0.15) is 5.37 Å². The van der Waals surface area contributed by atoms with Crippen molar-refractivity contribution < 1.29 is 14.8 Å². The van der Waals surface area contributed by atoms with Crippen molar-refractivity contribution in [2.24, 2.45) is 5.92 Å². The van der Waals surface area contributed by atoms with Crippen LogP contribution in [0, 0.1) is 5.92 Å². The van der Waals surface area contributed by atoms with Gasteiger partial charge in [-0.2, -0.15) is 0 Å². The Morgan fingerprint density at radius 3 is 2.50 bits per heavy atom. The molecule has 0 aromatic rings. The molecule has 0 unspecified atom stereocenters. The van der Waals surface area contributed by atoms with Gasteiger partial charge in [-0.05, 0) is 13.8 Å². The normalized spacial score (nSPS) is 27.3. The molecule has 0 aromatic heterocycles. The minimum absolute atomic E-state index is 0.000926. The van der Waals surface area contributed by atoms with E-state index in [2.05, 4.69) is 19.2 Å². The molecule has 14 heavy (non-hydrogen) atoms. The molecule has 1 heterocycles. The maximum absolute atomic E-state index is 11.6. The van der Waals surface area contributed by atoms with E-state index in [4.69, 9.17) is 4.74 Å². The third kappa shape index (κ3) is 3.17. The fourth-order valence-electron chi connectivity index (χ4n) is 1.44. The Morgan fingerprint density at radius 2 is 2.07 bits per heavy atom. The summed E-state index contributed by atoms with van der Waals surface area (Å²) in [6.07, 6.45) is -0.000926. The van der Waals surface area contributed by atoms with Crippen molar-refractivity contribution in [1.82, 2.24) is 0 Å². The molecule has 1 aliphatic rings. The van der Waals surface area contributed by atoms with E-state index in [0.717, 1.165) is 5.75 Å². The van der Waals surface area contributed by atoms with Gasteiger partial charge >= 0.3 is 5.97 Å². The minimum atomic E-state index is -0.0596. The maximum Gasteiger partial charge on any atom is 0.366 e. The van der Waals surface area contributed by atoms with E-state index in [9.17, 15) is 4.79 Å². The smallest absolute Gasteiger partial charge is 0.366 e. The molecular weight excluding hydrogens is 198 g/mol. The van der Waals surface area contributed by atoms with Gasteiger partial charge < -0.3 is 10.1 Å². The van der Waals surface area contributed by atoms with Crippen LogP contribution in [-0.2, 0) is 9.53 Å². The molecule has 0 saturated carbocycles. The molecule has 1 rings (SSSR count). The molecule has 0 spiro atoms. The zero-order valence-electron chi connectivity index (χ0n) is 9.32. The Balaban J connectivity index is 2.38. The Bertz CT molecular complexity index is 206. The first-order valence-electron chi connectivity index (χ1n) is 5.17. The second-order valence-electron chi connectivity index (χ2n) is 4.33. The van der Waals surface area contributed by atoms with Crippen LogP contribution in [0.4, 0.5) is 0 Å². The standard InChI is InChI=1S/C10H19NO2S/c1-6(2)9-11-8(5-14-9)10(12)13-7(3)4/h6-9,11H,5H2,1-4H3/p+1/t8-,9+/m0/s1. The SMILES string of the molecule is CC(C)OC(=O)[C@@H]1CS[C@H](C(C)C)[NH2+]1. The van der Waals surface area contributed by atoms with Gasteiger partial charge in [-0.15, -0.1) is 0 Å². The quantitative estimate of drug-likeness (QED) is 0.705. The number of esters is 1. The van der Waals surface area contributed by atoms with Gasteiger partial charge in [0.15, 0.2) is 6.04 Å². The van der Waals surface area contributed by atoms with Crippen molar-refractivity contribution in [2.45, 2.75) is 45.2 Å². The first-order valence-corrected chi connectivity index (χ1v) is 6.22. The molecule has 0 amide bonds. The average molecular weight is 218 g/mol. The first kappa shape index (κ1) is 11.9.